The van der Waals surface area contributed by atoms with Crippen molar-refractivity contribution in [2.45, 2.75) is 39.2 Å². The summed E-state index contributed by atoms with van der Waals surface area (Å²) in [6.45, 7) is 3.23. The molecule has 1 aromatic heterocycles. The smallest absolute Gasteiger partial charge is 0.152 e. The number of hydrogen-bond acceptors (Lipinski definition) is 1. The standard InChI is InChI=1S/C15H19NO/c1-2-3-4-7-10-16-11-13(12-17)14-8-5-6-9-15(14)16/h5-6,8-9,11-12H,2-4,7,10H2,1H3. The van der Waals surface area contributed by atoms with Crippen molar-refractivity contribution in [3.8, 4) is 0 Å². The number of benzene rings is 1. The third-order valence-electron chi connectivity index (χ3n) is 3.20. The van der Waals surface area contributed by atoms with Crippen LogP contribution in [0.1, 0.15) is 43.0 Å². The second-order valence-corrected chi connectivity index (χ2v) is 4.47. The van der Waals surface area contributed by atoms with Crippen molar-refractivity contribution in [2.24, 2.45) is 0 Å². The molecule has 1 aromatic carbocycles. The first-order valence-electron chi connectivity index (χ1n) is 6.40. The number of hydrogen-bond donors (Lipinski definition) is 0. The zero-order valence-electron chi connectivity index (χ0n) is 10.4. The highest BCUT2D eigenvalue weighted by Gasteiger charge is 2.06. The van der Waals surface area contributed by atoms with Crippen molar-refractivity contribution in [3.05, 3.63) is 36.0 Å². The van der Waals surface area contributed by atoms with Gasteiger partial charge in [-0.3, -0.25) is 4.79 Å². The fraction of sp³-hybridized carbons (Fsp3) is 0.400. The van der Waals surface area contributed by atoms with Crippen molar-refractivity contribution in [1.82, 2.24) is 4.57 Å². The third-order valence-corrected chi connectivity index (χ3v) is 3.20. The van der Waals surface area contributed by atoms with Gasteiger partial charge >= 0.3 is 0 Å². The zero-order chi connectivity index (χ0) is 12.1. The second kappa shape index (κ2) is 5.67. The van der Waals surface area contributed by atoms with Gasteiger partial charge in [0.2, 0.25) is 0 Å². The Morgan fingerprint density at radius 1 is 1.18 bits per heavy atom. The molecule has 0 N–H and O–H groups in total. The van der Waals surface area contributed by atoms with E-state index in [0.29, 0.717) is 0 Å². The average molecular weight is 229 g/mol. The van der Waals surface area contributed by atoms with Crippen molar-refractivity contribution < 1.29 is 4.79 Å². The van der Waals surface area contributed by atoms with Crippen LogP contribution < -0.4 is 0 Å². The lowest BCUT2D eigenvalue weighted by molar-refractivity contribution is 0.112. The van der Waals surface area contributed by atoms with Gasteiger partial charge in [0.25, 0.3) is 0 Å². The van der Waals surface area contributed by atoms with E-state index in [1.54, 1.807) is 0 Å². The Morgan fingerprint density at radius 2 is 2.00 bits per heavy atom. The van der Waals surface area contributed by atoms with E-state index in [9.17, 15) is 4.79 Å². The number of carbonyl (C=O) groups is 1. The largest absolute Gasteiger partial charge is 0.347 e. The molecule has 1 heterocycles. The highest BCUT2D eigenvalue weighted by molar-refractivity contribution is 5.97. The molecule has 90 valence electrons. The maximum Gasteiger partial charge on any atom is 0.152 e. The number of aromatic nitrogens is 1. The summed E-state index contributed by atoms with van der Waals surface area (Å²) >= 11 is 0. The van der Waals surface area contributed by atoms with Gasteiger partial charge < -0.3 is 4.57 Å². The van der Waals surface area contributed by atoms with Gasteiger partial charge in [0.15, 0.2) is 6.29 Å². The number of carbonyl (C=O) groups excluding carboxylic acids is 1. The summed E-state index contributed by atoms with van der Waals surface area (Å²) in [5, 5.41) is 1.07. The lowest BCUT2D eigenvalue weighted by atomic mass is 10.2. The predicted molar refractivity (Wildman–Crippen MR) is 71.5 cm³/mol. The molecule has 0 aliphatic rings. The number of rotatable bonds is 6. The molecular formula is C15H19NO. The van der Waals surface area contributed by atoms with E-state index in [-0.39, 0.29) is 0 Å². The minimum Gasteiger partial charge on any atom is -0.347 e. The fourth-order valence-corrected chi connectivity index (χ4v) is 2.26. The highest BCUT2D eigenvalue weighted by atomic mass is 16.1. The van der Waals surface area contributed by atoms with E-state index in [1.165, 1.54) is 31.2 Å². The van der Waals surface area contributed by atoms with Crippen LogP contribution >= 0.6 is 0 Å². The number of para-hydroxylation sites is 1. The molecule has 0 amide bonds. The molecule has 0 atom stereocenters. The summed E-state index contributed by atoms with van der Waals surface area (Å²) < 4.78 is 2.20. The van der Waals surface area contributed by atoms with Crippen LogP contribution in [0, 0.1) is 0 Å². The van der Waals surface area contributed by atoms with Gasteiger partial charge in [0.1, 0.15) is 0 Å². The van der Waals surface area contributed by atoms with Crippen molar-refractivity contribution in [2.75, 3.05) is 0 Å². The van der Waals surface area contributed by atoms with Crippen LogP contribution in [0.4, 0.5) is 0 Å². The van der Waals surface area contributed by atoms with Gasteiger partial charge in [-0.25, -0.2) is 0 Å². The Labute approximate surface area is 102 Å². The van der Waals surface area contributed by atoms with Gasteiger partial charge in [0, 0.05) is 29.2 Å². The molecule has 0 aliphatic carbocycles. The molecule has 0 aliphatic heterocycles. The number of fused-ring (bicyclic) bond motifs is 1. The second-order valence-electron chi connectivity index (χ2n) is 4.47. The number of aryl methyl sites for hydroxylation is 1. The molecule has 2 aromatic rings. The summed E-state index contributed by atoms with van der Waals surface area (Å²) in [6, 6.07) is 8.11. The molecular weight excluding hydrogens is 210 g/mol. The zero-order valence-corrected chi connectivity index (χ0v) is 10.4. The van der Waals surface area contributed by atoms with E-state index in [4.69, 9.17) is 0 Å². The van der Waals surface area contributed by atoms with Gasteiger partial charge in [-0.2, -0.15) is 0 Å². The van der Waals surface area contributed by atoms with Gasteiger partial charge in [-0.1, -0.05) is 44.4 Å². The molecule has 17 heavy (non-hydrogen) atoms. The Balaban J connectivity index is 2.19. The van der Waals surface area contributed by atoms with Crippen LogP contribution in [-0.4, -0.2) is 10.9 Å². The molecule has 0 fully saturated rings. The molecule has 2 nitrogen and oxygen atoms in total. The Kier molecular flexibility index (Phi) is 3.97. The minimum atomic E-state index is 0.802. The van der Waals surface area contributed by atoms with E-state index in [2.05, 4.69) is 17.6 Å². The summed E-state index contributed by atoms with van der Waals surface area (Å²) in [4.78, 5) is 11.0. The third kappa shape index (κ3) is 2.57. The van der Waals surface area contributed by atoms with Crippen LogP contribution in [0.3, 0.4) is 0 Å². The molecule has 0 saturated carbocycles. The quantitative estimate of drug-likeness (QED) is 0.541. The lowest BCUT2D eigenvalue weighted by Gasteiger charge is -2.04. The van der Waals surface area contributed by atoms with E-state index in [0.717, 1.165) is 23.8 Å². The minimum absolute atomic E-state index is 0.802. The Hall–Kier alpha value is -1.57. The first-order chi connectivity index (χ1) is 8.36. The molecule has 2 rings (SSSR count). The number of nitrogens with zero attached hydrogens (tertiary/aromatic N) is 1. The van der Waals surface area contributed by atoms with E-state index < -0.39 is 0 Å². The molecule has 2 heteroatoms. The van der Waals surface area contributed by atoms with Crippen molar-refractivity contribution in [1.29, 1.82) is 0 Å². The normalized spacial score (nSPS) is 10.9. The highest BCUT2D eigenvalue weighted by Crippen LogP contribution is 2.20. The molecule has 0 bridgehead atoms. The van der Waals surface area contributed by atoms with Crippen molar-refractivity contribution in [3.63, 3.8) is 0 Å². The molecule has 0 saturated heterocycles. The topological polar surface area (TPSA) is 22.0 Å². The molecule has 0 spiro atoms. The van der Waals surface area contributed by atoms with Crippen LogP contribution in [0.25, 0.3) is 10.9 Å². The van der Waals surface area contributed by atoms with Crippen LogP contribution in [0.15, 0.2) is 30.5 Å². The van der Waals surface area contributed by atoms with Crippen LogP contribution in [0.5, 0.6) is 0 Å². The monoisotopic (exact) mass is 229 g/mol. The van der Waals surface area contributed by atoms with Gasteiger partial charge in [-0.15, -0.1) is 0 Å². The summed E-state index contributed by atoms with van der Waals surface area (Å²) in [7, 11) is 0. The molecule has 0 radical (unpaired) electrons. The Bertz CT molecular complexity index is 499. The van der Waals surface area contributed by atoms with Crippen LogP contribution in [-0.2, 0) is 6.54 Å². The summed E-state index contributed by atoms with van der Waals surface area (Å²) in [5.74, 6) is 0. The summed E-state index contributed by atoms with van der Waals surface area (Å²) in [5.41, 5.74) is 1.97. The van der Waals surface area contributed by atoms with Gasteiger partial charge in [-0.05, 0) is 12.5 Å². The fourth-order valence-electron chi connectivity index (χ4n) is 2.26. The SMILES string of the molecule is CCCCCCn1cc(C=O)c2ccccc21. The Morgan fingerprint density at radius 3 is 2.76 bits per heavy atom. The average Bonchev–Trinajstić information content (AvgIpc) is 2.73. The van der Waals surface area contributed by atoms with Crippen molar-refractivity contribution >= 4 is 17.2 Å². The maximum atomic E-state index is 11.0. The van der Waals surface area contributed by atoms with Gasteiger partial charge in [0.05, 0.1) is 0 Å². The lowest BCUT2D eigenvalue weighted by Crippen LogP contribution is -1.95. The first kappa shape index (κ1) is 11.9. The predicted octanol–water partition coefficient (Wildman–Crippen LogP) is 4.03. The summed E-state index contributed by atoms with van der Waals surface area (Å²) in [6.07, 6.45) is 7.92. The van der Waals surface area contributed by atoms with Crippen LogP contribution in [0.2, 0.25) is 0 Å². The van der Waals surface area contributed by atoms with E-state index >= 15 is 0 Å². The maximum absolute atomic E-state index is 11.0. The molecule has 0 unspecified atom stereocenters. The number of unbranched alkanes of at least 4 members (excludes halogenated alkanes) is 3. The van der Waals surface area contributed by atoms with E-state index in [1.807, 2.05) is 24.4 Å². The first-order valence-corrected chi connectivity index (χ1v) is 6.40. The number of aldehydes is 1.